The minimum absolute atomic E-state index is 0.146. The fourth-order valence-electron chi connectivity index (χ4n) is 8.46. The number of rotatable bonds is 5. The Bertz CT molecular complexity index is 696. The first kappa shape index (κ1) is 22.5. The first-order chi connectivity index (χ1) is 14.1. The van der Waals surface area contributed by atoms with Crippen LogP contribution >= 0.6 is 0 Å². The Balaban J connectivity index is 1.54. The second-order valence-electron chi connectivity index (χ2n) is 12.2. The van der Waals surface area contributed by atoms with Crippen molar-refractivity contribution in [2.75, 3.05) is 0 Å². The lowest BCUT2D eigenvalue weighted by atomic mass is 9.46. The molecule has 0 aliphatic heterocycles. The summed E-state index contributed by atoms with van der Waals surface area (Å²) in [6.45, 7) is 11.3. The Hall–Kier alpha value is -0.670. The summed E-state index contributed by atoms with van der Waals surface area (Å²) in [5.41, 5.74) is 1.78. The van der Waals surface area contributed by atoms with E-state index in [2.05, 4.69) is 26.8 Å². The van der Waals surface area contributed by atoms with Crippen molar-refractivity contribution in [3.05, 3.63) is 11.6 Å². The molecule has 0 saturated heterocycles. The molecule has 0 amide bonds. The molecular weight excluding hydrogens is 372 g/mol. The van der Waals surface area contributed by atoms with Crippen molar-refractivity contribution < 1.29 is 15.0 Å². The Kier molecular flexibility index (Phi) is 6.03. The number of hydrogen-bond donors (Lipinski definition) is 2. The first-order valence-corrected chi connectivity index (χ1v) is 12.7. The fourth-order valence-corrected chi connectivity index (χ4v) is 8.46. The van der Waals surface area contributed by atoms with Crippen LogP contribution in [0.15, 0.2) is 11.6 Å². The standard InChI is InChI=1S/C27H44O3/c1-16(2)23(29)9-6-17(3)20-7-8-21-25-22(11-13-27(20,21)5)26(4)12-10-19(28)14-18(26)15-24(25)30/h15-17,19-22,24-25,28,30H,6-14H2,1-5H3/t17-,19+,20-,21+,22+,24-,25+,26+,27-/m1/s1. The third-order valence-electron chi connectivity index (χ3n) is 10.4. The molecule has 0 spiro atoms. The van der Waals surface area contributed by atoms with Crippen molar-refractivity contribution >= 4 is 5.78 Å². The van der Waals surface area contributed by atoms with E-state index in [0.717, 1.165) is 32.1 Å². The van der Waals surface area contributed by atoms with Gasteiger partial charge in [0.15, 0.2) is 0 Å². The third kappa shape index (κ3) is 3.52. The van der Waals surface area contributed by atoms with Crippen molar-refractivity contribution in [2.24, 2.45) is 46.3 Å². The molecule has 9 atom stereocenters. The summed E-state index contributed by atoms with van der Waals surface area (Å²) in [7, 11) is 0. The average molecular weight is 417 g/mol. The predicted molar refractivity (Wildman–Crippen MR) is 121 cm³/mol. The van der Waals surface area contributed by atoms with E-state index in [-0.39, 0.29) is 23.5 Å². The summed E-state index contributed by atoms with van der Waals surface area (Å²) in [4.78, 5) is 12.2. The lowest BCUT2D eigenvalue weighted by molar-refractivity contribution is -0.122. The molecule has 0 unspecified atom stereocenters. The molecule has 3 fully saturated rings. The van der Waals surface area contributed by atoms with Crippen LogP contribution in [0.1, 0.15) is 92.4 Å². The highest BCUT2D eigenvalue weighted by molar-refractivity contribution is 5.80. The molecule has 0 radical (unpaired) electrons. The molecule has 30 heavy (non-hydrogen) atoms. The number of aliphatic hydroxyl groups is 2. The van der Waals surface area contributed by atoms with E-state index >= 15 is 0 Å². The zero-order valence-corrected chi connectivity index (χ0v) is 19.9. The van der Waals surface area contributed by atoms with Crippen molar-refractivity contribution in [3.63, 3.8) is 0 Å². The van der Waals surface area contributed by atoms with Gasteiger partial charge in [-0.2, -0.15) is 0 Å². The quantitative estimate of drug-likeness (QED) is 0.579. The molecule has 0 aromatic heterocycles. The third-order valence-corrected chi connectivity index (χ3v) is 10.4. The minimum atomic E-state index is -0.357. The Morgan fingerprint density at radius 2 is 1.80 bits per heavy atom. The van der Waals surface area contributed by atoms with Crippen molar-refractivity contribution in [3.8, 4) is 0 Å². The highest BCUT2D eigenvalue weighted by atomic mass is 16.3. The molecule has 4 aliphatic rings. The molecule has 4 rings (SSSR count). The van der Waals surface area contributed by atoms with E-state index in [1.54, 1.807) is 0 Å². The Morgan fingerprint density at radius 3 is 2.50 bits per heavy atom. The zero-order chi connectivity index (χ0) is 21.8. The van der Waals surface area contributed by atoms with Gasteiger partial charge in [-0.3, -0.25) is 4.79 Å². The molecule has 4 aliphatic carbocycles. The molecule has 0 bridgehead atoms. The van der Waals surface area contributed by atoms with Crippen molar-refractivity contribution in [1.82, 2.24) is 0 Å². The largest absolute Gasteiger partial charge is 0.393 e. The van der Waals surface area contributed by atoms with Crippen molar-refractivity contribution in [1.29, 1.82) is 0 Å². The molecule has 0 heterocycles. The van der Waals surface area contributed by atoms with E-state index in [0.29, 0.717) is 40.8 Å². The normalized spacial score (nSPS) is 46.6. The van der Waals surface area contributed by atoms with Gasteiger partial charge in [-0.25, -0.2) is 0 Å². The van der Waals surface area contributed by atoms with E-state index in [4.69, 9.17) is 0 Å². The monoisotopic (exact) mass is 416 g/mol. The van der Waals surface area contributed by atoms with Gasteiger partial charge in [0.1, 0.15) is 5.78 Å². The van der Waals surface area contributed by atoms with Crippen LogP contribution in [0, 0.1) is 46.3 Å². The van der Waals surface area contributed by atoms with Gasteiger partial charge in [-0.05, 0) is 91.8 Å². The summed E-state index contributed by atoms with van der Waals surface area (Å²) in [6.07, 6.45) is 10.9. The van der Waals surface area contributed by atoms with Gasteiger partial charge in [0.2, 0.25) is 0 Å². The maximum Gasteiger partial charge on any atom is 0.135 e. The lowest BCUT2D eigenvalue weighted by Gasteiger charge is -2.59. The molecule has 0 aromatic carbocycles. The van der Waals surface area contributed by atoms with Gasteiger partial charge in [0.25, 0.3) is 0 Å². The fraction of sp³-hybridized carbons (Fsp3) is 0.889. The number of fused-ring (bicyclic) bond motifs is 5. The average Bonchev–Trinajstić information content (AvgIpc) is 3.04. The van der Waals surface area contributed by atoms with Crippen LogP contribution in [0.3, 0.4) is 0 Å². The summed E-state index contributed by atoms with van der Waals surface area (Å²) < 4.78 is 0. The lowest BCUT2D eigenvalue weighted by Crippen LogP contribution is -2.55. The number of carbonyl (C=O) groups excluding carboxylic acids is 1. The van der Waals surface area contributed by atoms with Crippen LogP contribution in [-0.2, 0) is 4.79 Å². The summed E-state index contributed by atoms with van der Waals surface area (Å²) in [5.74, 6) is 3.29. The molecule has 2 N–H and O–H groups in total. The van der Waals surface area contributed by atoms with Gasteiger partial charge in [0, 0.05) is 12.3 Å². The molecule has 3 saturated carbocycles. The summed E-state index contributed by atoms with van der Waals surface area (Å²) in [6, 6.07) is 0. The maximum atomic E-state index is 12.2. The maximum absolute atomic E-state index is 12.2. The number of ketones is 1. The Morgan fingerprint density at radius 1 is 1.07 bits per heavy atom. The molecular formula is C27H44O3. The van der Waals surface area contributed by atoms with Gasteiger partial charge in [-0.1, -0.05) is 46.3 Å². The molecule has 0 aromatic rings. The predicted octanol–water partition coefficient (Wildman–Crippen LogP) is 5.54. The van der Waals surface area contributed by atoms with E-state index in [1.807, 2.05) is 13.8 Å². The van der Waals surface area contributed by atoms with Crippen molar-refractivity contribution in [2.45, 2.75) is 105 Å². The van der Waals surface area contributed by atoms with Gasteiger partial charge < -0.3 is 10.2 Å². The van der Waals surface area contributed by atoms with Crippen LogP contribution in [0.5, 0.6) is 0 Å². The van der Waals surface area contributed by atoms with Crippen LogP contribution in [0.2, 0.25) is 0 Å². The van der Waals surface area contributed by atoms with Gasteiger partial charge >= 0.3 is 0 Å². The number of carbonyl (C=O) groups is 1. The topological polar surface area (TPSA) is 57.5 Å². The SMILES string of the molecule is CC(C)C(=O)CC[C@@H](C)[C@H]1CC[C@H]2[C@@H]3[C@H](O)C=C4C[C@@H](O)CC[C@]4(C)[C@H]3CC[C@]12C. The molecule has 3 heteroatoms. The van der Waals surface area contributed by atoms with Gasteiger partial charge in [0.05, 0.1) is 12.2 Å². The van der Waals surface area contributed by atoms with Gasteiger partial charge in [-0.15, -0.1) is 0 Å². The van der Waals surface area contributed by atoms with E-state index in [1.165, 1.54) is 31.3 Å². The zero-order valence-electron chi connectivity index (χ0n) is 19.9. The first-order valence-electron chi connectivity index (χ1n) is 12.7. The second kappa shape index (κ2) is 8.03. The Labute approximate surface area is 183 Å². The van der Waals surface area contributed by atoms with Crippen LogP contribution in [0.4, 0.5) is 0 Å². The molecule has 3 nitrogen and oxygen atoms in total. The van der Waals surface area contributed by atoms with E-state index in [9.17, 15) is 15.0 Å². The highest BCUT2D eigenvalue weighted by Gasteiger charge is 2.61. The highest BCUT2D eigenvalue weighted by Crippen LogP contribution is 2.67. The van der Waals surface area contributed by atoms with Crippen LogP contribution in [0.25, 0.3) is 0 Å². The second-order valence-corrected chi connectivity index (χ2v) is 12.2. The number of hydrogen-bond acceptors (Lipinski definition) is 3. The van der Waals surface area contributed by atoms with Crippen LogP contribution < -0.4 is 0 Å². The molecule has 170 valence electrons. The smallest absolute Gasteiger partial charge is 0.135 e. The summed E-state index contributed by atoms with van der Waals surface area (Å²) in [5, 5.41) is 21.5. The minimum Gasteiger partial charge on any atom is -0.393 e. The summed E-state index contributed by atoms with van der Waals surface area (Å²) >= 11 is 0. The van der Waals surface area contributed by atoms with Crippen LogP contribution in [-0.4, -0.2) is 28.2 Å². The number of aliphatic hydroxyl groups excluding tert-OH is 2. The van der Waals surface area contributed by atoms with E-state index < -0.39 is 0 Å². The number of Topliss-reactive ketones (excluding diaryl/α,β-unsaturated/α-hetero) is 1.